The number of likely N-dealkylation sites (N-methyl/N-ethyl adjacent to an activating group) is 1. The molecule has 2 atom stereocenters. The highest BCUT2D eigenvalue weighted by Crippen LogP contribution is 2.19. The second-order valence-corrected chi connectivity index (χ2v) is 5.47. The molecule has 0 amide bonds. The van der Waals surface area contributed by atoms with Crippen molar-refractivity contribution in [1.29, 1.82) is 0 Å². The molecule has 2 aliphatic heterocycles. The van der Waals surface area contributed by atoms with E-state index in [1.807, 2.05) is 0 Å². The lowest BCUT2D eigenvalue weighted by Gasteiger charge is -2.32. The van der Waals surface area contributed by atoms with E-state index in [1.165, 1.54) is 19.5 Å². The molecular formula is C11H21BrN2O. The molecule has 2 fully saturated rings. The molecule has 0 N–H and O–H groups in total. The lowest BCUT2D eigenvalue weighted by Crippen LogP contribution is -2.45. The first-order chi connectivity index (χ1) is 7.28. The van der Waals surface area contributed by atoms with E-state index in [2.05, 4.69) is 32.8 Å². The van der Waals surface area contributed by atoms with Crippen molar-refractivity contribution in [2.24, 2.45) is 5.92 Å². The van der Waals surface area contributed by atoms with Crippen LogP contribution in [0.4, 0.5) is 0 Å². The third-order valence-corrected chi connectivity index (χ3v) is 4.31. The van der Waals surface area contributed by atoms with E-state index in [0.717, 1.165) is 37.5 Å². The quantitative estimate of drug-likeness (QED) is 0.717. The SMILES string of the molecule is CN1CCOC(CN2CCC(CBr)C2)C1. The van der Waals surface area contributed by atoms with E-state index < -0.39 is 0 Å². The molecule has 0 saturated carbocycles. The molecule has 0 aromatic rings. The summed E-state index contributed by atoms with van der Waals surface area (Å²) in [5.74, 6) is 0.853. The Bertz CT molecular complexity index is 203. The Morgan fingerprint density at radius 2 is 2.20 bits per heavy atom. The molecule has 0 bridgehead atoms. The van der Waals surface area contributed by atoms with Gasteiger partial charge in [-0.2, -0.15) is 0 Å². The third-order valence-electron chi connectivity index (χ3n) is 3.39. The van der Waals surface area contributed by atoms with E-state index in [0.29, 0.717) is 6.10 Å². The van der Waals surface area contributed by atoms with Gasteiger partial charge in [0.15, 0.2) is 0 Å². The summed E-state index contributed by atoms with van der Waals surface area (Å²) >= 11 is 3.57. The van der Waals surface area contributed by atoms with Gasteiger partial charge in [0, 0.05) is 31.5 Å². The molecule has 4 heteroatoms. The minimum Gasteiger partial charge on any atom is -0.374 e. The van der Waals surface area contributed by atoms with Crippen LogP contribution in [-0.2, 0) is 4.74 Å². The Morgan fingerprint density at radius 3 is 2.87 bits per heavy atom. The van der Waals surface area contributed by atoms with Gasteiger partial charge in [-0.1, -0.05) is 15.9 Å². The van der Waals surface area contributed by atoms with Gasteiger partial charge in [-0.25, -0.2) is 0 Å². The molecule has 88 valence electrons. The van der Waals surface area contributed by atoms with E-state index in [9.17, 15) is 0 Å². The molecule has 2 aliphatic rings. The highest BCUT2D eigenvalue weighted by molar-refractivity contribution is 9.09. The van der Waals surface area contributed by atoms with Gasteiger partial charge in [-0.3, -0.25) is 0 Å². The Labute approximate surface area is 101 Å². The maximum absolute atomic E-state index is 5.78. The number of alkyl halides is 1. The van der Waals surface area contributed by atoms with Crippen LogP contribution >= 0.6 is 15.9 Å². The largest absolute Gasteiger partial charge is 0.374 e. The van der Waals surface area contributed by atoms with Crippen LogP contribution in [0.3, 0.4) is 0 Å². The van der Waals surface area contributed by atoms with Crippen LogP contribution in [-0.4, -0.2) is 67.6 Å². The van der Waals surface area contributed by atoms with Gasteiger partial charge in [-0.15, -0.1) is 0 Å². The van der Waals surface area contributed by atoms with Crippen molar-refractivity contribution >= 4 is 15.9 Å². The number of hydrogen-bond donors (Lipinski definition) is 0. The lowest BCUT2D eigenvalue weighted by molar-refractivity contribution is -0.0330. The van der Waals surface area contributed by atoms with Crippen LogP contribution in [0.15, 0.2) is 0 Å². The summed E-state index contributed by atoms with van der Waals surface area (Å²) < 4.78 is 5.78. The van der Waals surface area contributed by atoms with Gasteiger partial charge in [0.1, 0.15) is 0 Å². The van der Waals surface area contributed by atoms with Crippen molar-refractivity contribution in [3.63, 3.8) is 0 Å². The zero-order valence-corrected chi connectivity index (χ0v) is 11.1. The highest BCUT2D eigenvalue weighted by Gasteiger charge is 2.26. The number of rotatable bonds is 3. The monoisotopic (exact) mass is 276 g/mol. The molecule has 0 aliphatic carbocycles. The van der Waals surface area contributed by atoms with Gasteiger partial charge in [0.25, 0.3) is 0 Å². The summed E-state index contributed by atoms with van der Waals surface area (Å²) in [5.41, 5.74) is 0. The van der Waals surface area contributed by atoms with Crippen molar-refractivity contribution in [1.82, 2.24) is 9.80 Å². The topological polar surface area (TPSA) is 15.7 Å². The molecule has 15 heavy (non-hydrogen) atoms. The highest BCUT2D eigenvalue weighted by atomic mass is 79.9. The van der Waals surface area contributed by atoms with Crippen LogP contribution < -0.4 is 0 Å². The number of hydrogen-bond acceptors (Lipinski definition) is 3. The van der Waals surface area contributed by atoms with Crippen LogP contribution in [0.5, 0.6) is 0 Å². The van der Waals surface area contributed by atoms with Gasteiger partial charge in [0.05, 0.1) is 12.7 Å². The average Bonchev–Trinajstić information content (AvgIpc) is 2.65. The Morgan fingerprint density at radius 1 is 1.33 bits per heavy atom. The number of nitrogens with zero attached hydrogens (tertiary/aromatic N) is 2. The maximum atomic E-state index is 5.78. The predicted octanol–water partition coefficient (Wildman–Crippen LogP) is 1.03. The summed E-state index contributed by atoms with van der Waals surface area (Å²) in [6.07, 6.45) is 1.77. The molecule has 3 nitrogen and oxygen atoms in total. The van der Waals surface area contributed by atoms with E-state index in [4.69, 9.17) is 4.74 Å². The molecule has 0 aromatic carbocycles. The normalized spacial score (nSPS) is 34.8. The summed E-state index contributed by atoms with van der Waals surface area (Å²) in [6.45, 7) is 6.69. The molecule has 2 unspecified atom stereocenters. The van der Waals surface area contributed by atoms with Crippen LogP contribution in [0, 0.1) is 5.92 Å². The summed E-state index contributed by atoms with van der Waals surface area (Å²) in [5, 5.41) is 1.15. The van der Waals surface area contributed by atoms with E-state index >= 15 is 0 Å². The zero-order valence-electron chi connectivity index (χ0n) is 9.49. The Hall–Kier alpha value is 0.360. The van der Waals surface area contributed by atoms with E-state index in [1.54, 1.807) is 0 Å². The minimum atomic E-state index is 0.429. The first-order valence-electron chi connectivity index (χ1n) is 5.86. The molecule has 2 heterocycles. The van der Waals surface area contributed by atoms with Crippen molar-refractivity contribution < 1.29 is 4.74 Å². The predicted molar refractivity (Wildman–Crippen MR) is 65.6 cm³/mol. The number of likely N-dealkylation sites (tertiary alicyclic amines) is 1. The standard InChI is InChI=1S/C11H21BrN2O/c1-13-4-5-15-11(8-13)9-14-3-2-10(6-12)7-14/h10-11H,2-9H2,1H3. The third kappa shape index (κ3) is 3.41. The van der Waals surface area contributed by atoms with Crippen molar-refractivity contribution in [2.45, 2.75) is 12.5 Å². The second kappa shape index (κ2) is 5.62. The first-order valence-corrected chi connectivity index (χ1v) is 6.98. The van der Waals surface area contributed by atoms with Gasteiger partial charge < -0.3 is 14.5 Å². The average molecular weight is 277 g/mol. The van der Waals surface area contributed by atoms with Crippen molar-refractivity contribution in [3.05, 3.63) is 0 Å². The summed E-state index contributed by atoms with van der Waals surface area (Å²) in [6, 6.07) is 0. The van der Waals surface area contributed by atoms with Gasteiger partial charge >= 0.3 is 0 Å². The smallest absolute Gasteiger partial charge is 0.0829 e. The van der Waals surface area contributed by atoms with Crippen LogP contribution in [0.2, 0.25) is 0 Å². The summed E-state index contributed by atoms with van der Waals surface area (Å²) in [4.78, 5) is 4.92. The van der Waals surface area contributed by atoms with Crippen LogP contribution in [0.1, 0.15) is 6.42 Å². The fourth-order valence-corrected chi connectivity index (χ4v) is 3.00. The molecule has 0 radical (unpaired) electrons. The molecule has 2 saturated heterocycles. The lowest BCUT2D eigenvalue weighted by atomic mass is 10.2. The molecule has 0 spiro atoms. The second-order valence-electron chi connectivity index (χ2n) is 4.82. The molecule has 2 rings (SSSR count). The van der Waals surface area contributed by atoms with Crippen molar-refractivity contribution in [2.75, 3.05) is 51.7 Å². The first kappa shape index (κ1) is 11.8. The minimum absolute atomic E-state index is 0.429. The van der Waals surface area contributed by atoms with E-state index in [-0.39, 0.29) is 0 Å². The van der Waals surface area contributed by atoms with Crippen molar-refractivity contribution in [3.8, 4) is 0 Å². The number of halogens is 1. The zero-order chi connectivity index (χ0) is 10.7. The molecular weight excluding hydrogens is 256 g/mol. The van der Waals surface area contributed by atoms with Gasteiger partial charge in [-0.05, 0) is 25.9 Å². The van der Waals surface area contributed by atoms with Gasteiger partial charge in [0.2, 0.25) is 0 Å². The van der Waals surface area contributed by atoms with Crippen LogP contribution in [0.25, 0.3) is 0 Å². The fourth-order valence-electron chi connectivity index (χ4n) is 2.47. The molecule has 0 aromatic heterocycles. The summed E-state index contributed by atoms with van der Waals surface area (Å²) in [7, 11) is 2.18. The Balaban J connectivity index is 1.72. The number of morpholine rings is 1. The Kier molecular flexibility index (Phi) is 4.43. The number of ether oxygens (including phenoxy) is 1. The maximum Gasteiger partial charge on any atom is 0.0829 e. The fraction of sp³-hybridized carbons (Fsp3) is 1.00.